The van der Waals surface area contributed by atoms with Crippen molar-refractivity contribution in [2.75, 3.05) is 25.5 Å². The number of hydrogen-bond donors (Lipinski definition) is 2. The Hall–Kier alpha value is -3.06. The fraction of sp³-hybridized carbons (Fsp3) is 0.167. The maximum Gasteiger partial charge on any atom is 0.260 e. The van der Waals surface area contributed by atoms with Crippen LogP contribution < -0.4 is 15.8 Å². The van der Waals surface area contributed by atoms with Gasteiger partial charge >= 0.3 is 0 Å². The van der Waals surface area contributed by atoms with Gasteiger partial charge in [0.25, 0.3) is 11.8 Å². The van der Waals surface area contributed by atoms with Gasteiger partial charge in [0, 0.05) is 7.05 Å². The molecule has 2 aromatic rings. The maximum atomic E-state index is 12.1. The van der Waals surface area contributed by atoms with E-state index < -0.39 is 17.7 Å². The van der Waals surface area contributed by atoms with Gasteiger partial charge in [0.05, 0.1) is 22.8 Å². The molecular formula is C18H18ClN3O4. The molecule has 0 unspecified atom stereocenters. The standard InChI is InChI=1S/C18H18ClN3O4/c1-22(10-16(23)21-14-8-4-3-7-13(14)19)17(24)11-26-15-9-5-2-6-12(15)18(20)25/h2-9H,10-11H2,1H3,(H2,20,25)(H,21,23). The number of nitrogens with two attached hydrogens (primary N) is 1. The lowest BCUT2D eigenvalue weighted by molar-refractivity contribution is -0.135. The van der Waals surface area contributed by atoms with Crippen LogP contribution in [0.5, 0.6) is 5.75 Å². The zero-order valence-electron chi connectivity index (χ0n) is 14.1. The summed E-state index contributed by atoms with van der Waals surface area (Å²) in [6.07, 6.45) is 0. The number of nitrogens with zero attached hydrogens (tertiary/aromatic N) is 1. The first-order chi connectivity index (χ1) is 12.4. The Bertz CT molecular complexity index is 826. The van der Waals surface area contributed by atoms with E-state index in [9.17, 15) is 14.4 Å². The van der Waals surface area contributed by atoms with Crippen molar-refractivity contribution >= 4 is 35.0 Å². The molecule has 0 fully saturated rings. The Morgan fingerprint density at radius 1 is 1.12 bits per heavy atom. The second-order valence-electron chi connectivity index (χ2n) is 5.43. The van der Waals surface area contributed by atoms with Crippen molar-refractivity contribution < 1.29 is 19.1 Å². The fourth-order valence-corrected chi connectivity index (χ4v) is 2.28. The number of hydrogen-bond acceptors (Lipinski definition) is 4. The minimum Gasteiger partial charge on any atom is -0.483 e. The number of nitrogens with one attached hydrogen (secondary N) is 1. The zero-order valence-corrected chi connectivity index (χ0v) is 14.8. The molecule has 3 amide bonds. The summed E-state index contributed by atoms with van der Waals surface area (Å²) >= 11 is 5.97. The van der Waals surface area contributed by atoms with E-state index in [2.05, 4.69) is 5.32 Å². The average molecular weight is 376 g/mol. The van der Waals surface area contributed by atoms with Gasteiger partial charge in [0.2, 0.25) is 5.91 Å². The van der Waals surface area contributed by atoms with Crippen LogP contribution in [0.4, 0.5) is 5.69 Å². The Morgan fingerprint density at radius 3 is 2.46 bits per heavy atom. The lowest BCUT2D eigenvalue weighted by Gasteiger charge is -2.18. The van der Waals surface area contributed by atoms with E-state index in [1.54, 1.807) is 36.4 Å². The van der Waals surface area contributed by atoms with E-state index in [0.717, 1.165) is 0 Å². The van der Waals surface area contributed by atoms with Crippen molar-refractivity contribution in [1.82, 2.24) is 4.90 Å². The van der Waals surface area contributed by atoms with Crippen LogP contribution in [0.1, 0.15) is 10.4 Å². The smallest absolute Gasteiger partial charge is 0.260 e. The Kier molecular flexibility index (Phi) is 6.57. The summed E-state index contributed by atoms with van der Waals surface area (Å²) in [6.45, 7) is -0.509. The van der Waals surface area contributed by atoms with E-state index in [0.29, 0.717) is 10.7 Å². The first-order valence-corrected chi connectivity index (χ1v) is 8.06. The predicted molar refractivity (Wildman–Crippen MR) is 98.2 cm³/mol. The number of amides is 3. The summed E-state index contributed by atoms with van der Waals surface area (Å²) < 4.78 is 5.36. The number of rotatable bonds is 7. The van der Waals surface area contributed by atoms with Gasteiger partial charge in [-0.15, -0.1) is 0 Å². The van der Waals surface area contributed by atoms with E-state index in [1.165, 1.54) is 24.1 Å². The van der Waals surface area contributed by atoms with Crippen molar-refractivity contribution in [3.63, 3.8) is 0 Å². The zero-order chi connectivity index (χ0) is 19.1. The molecular weight excluding hydrogens is 358 g/mol. The number of primary amides is 1. The molecule has 0 aromatic heterocycles. The summed E-state index contributed by atoms with van der Waals surface area (Å²) in [5, 5.41) is 3.03. The van der Waals surface area contributed by atoms with E-state index in [4.69, 9.17) is 22.1 Å². The summed E-state index contributed by atoms with van der Waals surface area (Å²) in [5.41, 5.74) is 5.90. The molecule has 0 spiro atoms. The van der Waals surface area contributed by atoms with Gasteiger partial charge < -0.3 is 20.7 Å². The van der Waals surface area contributed by atoms with Crippen molar-refractivity contribution in [3.05, 3.63) is 59.1 Å². The Balaban J connectivity index is 1.89. The molecule has 136 valence electrons. The summed E-state index contributed by atoms with van der Waals surface area (Å²) in [5.74, 6) is -1.27. The number of benzene rings is 2. The lowest BCUT2D eigenvalue weighted by atomic mass is 10.2. The minimum atomic E-state index is -0.652. The molecule has 7 nitrogen and oxygen atoms in total. The molecule has 0 atom stereocenters. The number of halogens is 1. The van der Waals surface area contributed by atoms with Crippen LogP contribution >= 0.6 is 11.6 Å². The minimum absolute atomic E-state index is 0.176. The van der Waals surface area contributed by atoms with E-state index in [-0.39, 0.29) is 24.5 Å². The van der Waals surface area contributed by atoms with Gasteiger partial charge in [-0.25, -0.2) is 0 Å². The Morgan fingerprint density at radius 2 is 1.77 bits per heavy atom. The van der Waals surface area contributed by atoms with E-state index >= 15 is 0 Å². The van der Waals surface area contributed by atoms with Gasteiger partial charge in [-0.2, -0.15) is 0 Å². The van der Waals surface area contributed by atoms with Crippen LogP contribution in [0.3, 0.4) is 0 Å². The maximum absolute atomic E-state index is 12.1. The molecule has 0 saturated heterocycles. The van der Waals surface area contributed by atoms with Gasteiger partial charge in [-0.1, -0.05) is 35.9 Å². The van der Waals surface area contributed by atoms with Crippen LogP contribution in [0.25, 0.3) is 0 Å². The number of carbonyl (C=O) groups excluding carboxylic acids is 3. The number of ether oxygens (including phenoxy) is 1. The van der Waals surface area contributed by atoms with Gasteiger partial charge in [-0.3, -0.25) is 14.4 Å². The molecule has 3 N–H and O–H groups in total. The van der Waals surface area contributed by atoms with Gasteiger partial charge in [0.1, 0.15) is 5.75 Å². The van der Waals surface area contributed by atoms with Crippen LogP contribution in [0.15, 0.2) is 48.5 Å². The molecule has 0 bridgehead atoms. The highest BCUT2D eigenvalue weighted by atomic mass is 35.5. The normalized spacial score (nSPS) is 10.1. The first-order valence-electron chi connectivity index (χ1n) is 7.68. The third kappa shape index (κ3) is 5.22. The van der Waals surface area contributed by atoms with Crippen molar-refractivity contribution in [1.29, 1.82) is 0 Å². The highest BCUT2D eigenvalue weighted by Gasteiger charge is 2.16. The average Bonchev–Trinajstić information content (AvgIpc) is 2.61. The summed E-state index contributed by atoms with van der Waals surface area (Å²) in [4.78, 5) is 36.7. The highest BCUT2D eigenvalue weighted by Crippen LogP contribution is 2.20. The van der Waals surface area contributed by atoms with E-state index in [1.807, 2.05) is 0 Å². The van der Waals surface area contributed by atoms with Crippen molar-refractivity contribution in [2.45, 2.75) is 0 Å². The number of para-hydroxylation sites is 2. The highest BCUT2D eigenvalue weighted by molar-refractivity contribution is 6.33. The third-order valence-electron chi connectivity index (χ3n) is 3.46. The van der Waals surface area contributed by atoms with Crippen LogP contribution in [-0.2, 0) is 9.59 Å². The van der Waals surface area contributed by atoms with Crippen molar-refractivity contribution in [2.24, 2.45) is 5.73 Å². The summed E-state index contributed by atoms with van der Waals surface area (Å²) in [6, 6.07) is 13.1. The van der Waals surface area contributed by atoms with Gasteiger partial charge in [0.15, 0.2) is 6.61 Å². The van der Waals surface area contributed by atoms with Crippen LogP contribution in [0, 0.1) is 0 Å². The molecule has 0 aliphatic heterocycles. The number of carbonyl (C=O) groups is 3. The van der Waals surface area contributed by atoms with Crippen LogP contribution in [0.2, 0.25) is 5.02 Å². The molecule has 8 heteroatoms. The first kappa shape index (κ1) is 19.3. The number of anilines is 1. The molecule has 2 rings (SSSR count). The second-order valence-corrected chi connectivity index (χ2v) is 5.83. The molecule has 0 radical (unpaired) electrons. The molecule has 26 heavy (non-hydrogen) atoms. The topological polar surface area (TPSA) is 102 Å². The molecule has 0 heterocycles. The fourth-order valence-electron chi connectivity index (χ4n) is 2.10. The molecule has 0 saturated carbocycles. The third-order valence-corrected chi connectivity index (χ3v) is 3.79. The monoisotopic (exact) mass is 375 g/mol. The second kappa shape index (κ2) is 8.87. The lowest BCUT2D eigenvalue weighted by Crippen LogP contribution is -2.37. The SMILES string of the molecule is CN(CC(=O)Nc1ccccc1Cl)C(=O)COc1ccccc1C(N)=O. The predicted octanol–water partition coefficient (Wildman–Crippen LogP) is 1.91. The van der Waals surface area contributed by atoms with Crippen LogP contribution in [-0.4, -0.2) is 42.8 Å². The molecule has 0 aliphatic rings. The molecule has 0 aliphatic carbocycles. The van der Waals surface area contributed by atoms with Gasteiger partial charge in [-0.05, 0) is 24.3 Å². The van der Waals surface area contributed by atoms with Crippen molar-refractivity contribution in [3.8, 4) is 5.75 Å². The summed E-state index contributed by atoms with van der Waals surface area (Å²) in [7, 11) is 1.47. The Labute approximate surface area is 155 Å². The number of likely N-dealkylation sites (N-methyl/N-ethyl adjacent to an activating group) is 1. The largest absolute Gasteiger partial charge is 0.483 e. The molecule has 2 aromatic carbocycles. The quantitative estimate of drug-likeness (QED) is 0.771.